The van der Waals surface area contributed by atoms with E-state index in [1.807, 2.05) is 0 Å². The molecule has 6 nitrogen and oxygen atoms in total. The topological polar surface area (TPSA) is 106 Å². The summed E-state index contributed by atoms with van der Waals surface area (Å²) in [5, 5.41) is 0. The fourth-order valence-electron chi connectivity index (χ4n) is 1.97. The van der Waals surface area contributed by atoms with Crippen LogP contribution in [0.2, 0.25) is 0 Å². The van der Waals surface area contributed by atoms with Crippen molar-refractivity contribution in [2.24, 2.45) is 5.73 Å². The maximum Gasteiger partial charge on any atom is 0.263 e. The van der Waals surface area contributed by atoms with Crippen LogP contribution in [0.5, 0.6) is 0 Å². The number of nitrogens with two attached hydrogens (primary N) is 2. The van der Waals surface area contributed by atoms with Crippen LogP contribution in [0.15, 0.2) is 18.2 Å². The van der Waals surface area contributed by atoms with Gasteiger partial charge in [-0.3, -0.25) is 19.3 Å². The molecule has 2 rings (SSSR count). The van der Waals surface area contributed by atoms with Crippen molar-refractivity contribution in [1.82, 2.24) is 4.90 Å². The van der Waals surface area contributed by atoms with E-state index in [2.05, 4.69) is 0 Å². The molecule has 1 heterocycles. The minimum absolute atomic E-state index is 0.142. The summed E-state index contributed by atoms with van der Waals surface area (Å²) in [6.45, 7) is 0.175. The summed E-state index contributed by atoms with van der Waals surface area (Å²) in [4.78, 5) is 35.7. The zero-order valence-electron chi connectivity index (χ0n) is 9.68. The number of carbonyl (C=O) groups excluding carboxylic acids is 3. The van der Waals surface area contributed by atoms with Crippen molar-refractivity contribution in [2.75, 3.05) is 12.3 Å². The molecular weight excluding hydrogens is 234 g/mol. The van der Waals surface area contributed by atoms with Gasteiger partial charge in [-0.2, -0.15) is 0 Å². The van der Waals surface area contributed by atoms with Gasteiger partial charge in [-0.15, -0.1) is 0 Å². The lowest BCUT2D eigenvalue weighted by molar-refractivity contribution is -0.118. The molecule has 0 saturated heterocycles. The summed E-state index contributed by atoms with van der Waals surface area (Å²) >= 11 is 0. The van der Waals surface area contributed by atoms with E-state index in [0.717, 1.165) is 4.90 Å². The molecular formula is C12H13N3O3. The van der Waals surface area contributed by atoms with E-state index in [4.69, 9.17) is 11.5 Å². The van der Waals surface area contributed by atoms with Crippen LogP contribution in [0.25, 0.3) is 0 Å². The highest BCUT2D eigenvalue weighted by Gasteiger charge is 2.36. The lowest BCUT2D eigenvalue weighted by Gasteiger charge is -2.12. The van der Waals surface area contributed by atoms with Crippen LogP contribution in [-0.4, -0.2) is 29.2 Å². The second kappa shape index (κ2) is 4.48. The fourth-order valence-corrected chi connectivity index (χ4v) is 1.97. The van der Waals surface area contributed by atoms with Gasteiger partial charge in [-0.05, 0) is 18.6 Å². The van der Waals surface area contributed by atoms with Crippen LogP contribution in [0.1, 0.15) is 33.6 Å². The van der Waals surface area contributed by atoms with Crippen LogP contribution >= 0.6 is 0 Å². The number of nitrogen functional groups attached to an aromatic ring is 1. The van der Waals surface area contributed by atoms with Gasteiger partial charge >= 0.3 is 0 Å². The normalized spacial score (nSPS) is 13.9. The molecule has 0 spiro atoms. The van der Waals surface area contributed by atoms with Crippen molar-refractivity contribution in [3.63, 3.8) is 0 Å². The number of carbonyl (C=O) groups is 3. The first kappa shape index (κ1) is 12.1. The number of benzene rings is 1. The lowest BCUT2D eigenvalue weighted by Crippen LogP contribution is -2.31. The third kappa shape index (κ3) is 1.92. The van der Waals surface area contributed by atoms with E-state index in [0.29, 0.717) is 17.7 Å². The van der Waals surface area contributed by atoms with Gasteiger partial charge < -0.3 is 11.5 Å². The smallest absolute Gasteiger partial charge is 0.263 e. The molecule has 1 aliphatic rings. The Hall–Kier alpha value is -2.37. The molecule has 0 saturated carbocycles. The Balaban J connectivity index is 2.18. The van der Waals surface area contributed by atoms with Gasteiger partial charge in [-0.1, -0.05) is 6.07 Å². The van der Waals surface area contributed by atoms with Crippen molar-refractivity contribution >= 4 is 23.4 Å². The molecule has 0 fully saturated rings. The largest absolute Gasteiger partial charge is 0.398 e. The van der Waals surface area contributed by atoms with Crippen molar-refractivity contribution in [2.45, 2.75) is 12.8 Å². The first-order valence-corrected chi connectivity index (χ1v) is 5.55. The summed E-state index contributed by atoms with van der Waals surface area (Å²) < 4.78 is 0. The number of fused-ring (bicyclic) bond motifs is 1. The average Bonchev–Trinajstić information content (AvgIpc) is 2.55. The maximum atomic E-state index is 12.0. The van der Waals surface area contributed by atoms with Crippen LogP contribution in [0.4, 0.5) is 5.69 Å². The Labute approximate surface area is 104 Å². The Kier molecular flexibility index (Phi) is 3.01. The lowest BCUT2D eigenvalue weighted by atomic mass is 10.1. The molecule has 0 unspecified atom stereocenters. The third-order valence-electron chi connectivity index (χ3n) is 2.84. The van der Waals surface area contributed by atoms with E-state index in [1.165, 1.54) is 0 Å². The molecule has 1 aliphatic heterocycles. The Morgan fingerprint density at radius 3 is 2.56 bits per heavy atom. The van der Waals surface area contributed by atoms with E-state index >= 15 is 0 Å². The Morgan fingerprint density at radius 2 is 1.94 bits per heavy atom. The molecule has 3 amide bonds. The summed E-state index contributed by atoms with van der Waals surface area (Å²) in [6, 6.07) is 4.78. The summed E-state index contributed by atoms with van der Waals surface area (Å²) in [7, 11) is 0. The van der Waals surface area contributed by atoms with E-state index in [-0.39, 0.29) is 24.4 Å². The first-order chi connectivity index (χ1) is 8.52. The van der Waals surface area contributed by atoms with E-state index in [9.17, 15) is 14.4 Å². The Bertz CT molecular complexity index is 539. The Morgan fingerprint density at radius 1 is 1.22 bits per heavy atom. The number of imide groups is 1. The highest BCUT2D eigenvalue weighted by Crippen LogP contribution is 2.27. The molecule has 0 radical (unpaired) electrons. The van der Waals surface area contributed by atoms with Crippen LogP contribution in [0.3, 0.4) is 0 Å². The van der Waals surface area contributed by atoms with Gasteiger partial charge in [0.15, 0.2) is 0 Å². The van der Waals surface area contributed by atoms with Crippen molar-refractivity contribution in [3.8, 4) is 0 Å². The highest BCUT2D eigenvalue weighted by atomic mass is 16.2. The van der Waals surface area contributed by atoms with Gasteiger partial charge in [0, 0.05) is 18.7 Å². The van der Waals surface area contributed by atoms with Crippen molar-refractivity contribution in [3.05, 3.63) is 29.3 Å². The second-order valence-corrected chi connectivity index (χ2v) is 4.10. The van der Waals surface area contributed by atoms with E-state index in [1.54, 1.807) is 18.2 Å². The molecule has 6 heteroatoms. The van der Waals surface area contributed by atoms with Gasteiger partial charge in [0.2, 0.25) is 5.91 Å². The minimum atomic E-state index is -0.453. The molecule has 0 aromatic heterocycles. The number of hydrogen-bond donors (Lipinski definition) is 2. The summed E-state index contributed by atoms with van der Waals surface area (Å²) in [6.07, 6.45) is 0.504. The molecule has 1 aromatic rings. The summed E-state index contributed by atoms with van der Waals surface area (Å²) in [5.41, 5.74) is 11.6. The SMILES string of the molecule is NC(=O)CCCN1C(=O)c2cccc(N)c2C1=O. The fraction of sp³-hybridized carbons (Fsp3) is 0.250. The number of amides is 3. The monoisotopic (exact) mass is 247 g/mol. The molecule has 18 heavy (non-hydrogen) atoms. The number of primary amides is 1. The molecule has 0 aliphatic carbocycles. The zero-order chi connectivity index (χ0) is 13.3. The maximum absolute atomic E-state index is 12.0. The van der Waals surface area contributed by atoms with Gasteiger partial charge in [0.1, 0.15) is 0 Å². The quantitative estimate of drug-likeness (QED) is 0.582. The number of rotatable bonds is 4. The molecule has 0 bridgehead atoms. The predicted octanol–water partition coefficient (Wildman–Crippen LogP) is 0.130. The number of hydrogen-bond acceptors (Lipinski definition) is 4. The second-order valence-electron chi connectivity index (χ2n) is 4.10. The van der Waals surface area contributed by atoms with Gasteiger partial charge in [-0.25, -0.2) is 0 Å². The zero-order valence-corrected chi connectivity index (χ0v) is 9.68. The van der Waals surface area contributed by atoms with Gasteiger partial charge in [0.05, 0.1) is 11.1 Å². The molecule has 94 valence electrons. The van der Waals surface area contributed by atoms with Crippen LogP contribution < -0.4 is 11.5 Å². The number of nitrogens with zero attached hydrogens (tertiary/aromatic N) is 1. The van der Waals surface area contributed by atoms with Crippen molar-refractivity contribution in [1.29, 1.82) is 0 Å². The third-order valence-corrected chi connectivity index (χ3v) is 2.84. The molecule has 0 atom stereocenters. The van der Waals surface area contributed by atoms with Gasteiger partial charge in [0.25, 0.3) is 11.8 Å². The predicted molar refractivity (Wildman–Crippen MR) is 64.6 cm³/mol. The average molecular weight is 247 g/mol. The summed E-state index contributed by atoms with van der Waals surface area (Å²) in [5.74, 6) is -1.23. The van der Waals surface area contributed by atoms with Crippen molar-refractivity contribution < 1.29 is 14.4 Å². The standard InChI is InChI=1S/C12H13N3O3/c13-8-4-1-3-7-10(8)12(18)15(11(7)17)6-2-5-9(14)16/h1,3-4H,2,5-6,13H2,(H2,14,16). The number of anilines is 1. The highest BCUT2D eigenvalue weighted by molar-refractivity contribution is 6.23. The first-order valence-electron chi connectivity index (χ1n) is 5.55. The van der Waals surface area contributed by atoms with E-state index < -0.39 is 11.8 Å². The minimum Gasteiger partial charge on any atom is -0.398 e. The van der Waals surface area contributed by atoms with Crippen LogP contribution in [0, 0.1) is 0 Å². The molecule has 4 N–H and O–H groups in total. The van der Waals surface area contributed by atoms with Crippen LogP contribution in [-0.2, 0) is 4.79 Å². The molecule has 1 aromatic carbocycles.